The standard InChI is InChI=1S/C15H31N3O/c1-5-18(6-2)15(19)14(4)16-11-13(3)12-17-9-7-8-10-17/h13-14,16H,5-12H2,1-4H3. The molecule has 0 aliphatic carbocycles. The van der Waals surface area contributed by atoms with Crippen molar-refractivity contribution in [1.82, 2.24) is 15.1 Å². The van der Waals surface area contributed by atoms with E-state index in [1.807, 2.05) is 25.7 Å². The van der Waals surface area contributed by atoms with Crippen LogP contribution in [-0.4, -0.2) is 61.0 Å². The third kappa shape index (κ3) is 5.49. The number of nitrogens with zero attached hydrogens (tertiary/aromatic N) is 2. The minimum absolute atomic E-state index is 0.0686. The molecule has 19 heavy (non-hydrogen) atoms. The molecule has 0 spiro atoms. The maximum atomic E-state index is 12.1. The highest BCUT2D eigenvalue weighted by Gasteiger charge is 2.19. The Balaban J connectivity index is 2.24. The summed E-state index contributed by atoms with van der Waals surface area (Å²) in [6.45, 7) is 14.5. The summed E-state index contributed by atoms with van der Waals surface area (Å²) >= 11 is 0. The van der Waals surface area contributed by atoms with Gasteiger partial charge in [0.05, 0.1) is 6.04 Å². The minimum Gasteiger partial charge on any atom is -0.342 e. The van der Waals surface area contributed by atoms with Gasteiger partial charge in [-0.2, -0.15) is 0 Å². The number of likely N-dealkylation sites (N-methyl/N-ethyl adjacent to an activating group) is 1. The molecule has 0 aromatic carbocycles. The van der Waals surface area contributed by atoms with Gasteiger partial charge in [-0.1, -0.05) is 6.92 Å². The number of amides is 1. The summed E-state index contributed by atoms with van der Waals surface area (Å²) in [7, 11) is 0. The van der Waals surface area contributed by atoms with Gasteiger partial charge in [-0.25, -0.2) is 0 Å². The molecule has 4 heteroatoms. The summed E-state index contributed by atoms with van der Waals surface area (Å²) in [6.07, 6.45) is 2.69. The van der Waals surface area contributed by atoms with Crippen LogP contribution in [0.2, 0.25) is 0 Å². The first-order valence-electron chi connectivity index (χ1n) is 7.83. The molecule has 0 radical (unpaired) electrons. The molecule has 1 amide bonds. The van der Waals surface area contributed by atoms with Gasteiger partial charge in [-0.05, 0) is 59.2 Å². The molecule has 2 atom stereocenters. The van der Waals surface area contributed by atoms with Crippen LogP contribution in [0.5, 0.6) is 0 Å². The summed E-state index contributed by atoms with van der Waals surface area (Å²) in [4.78, 5) is 16.5. The Kier molecular flexibility index (Phi) is 7.39. The number of carbonyl (C=O) groups excluding carboxylic acids is 1. The summed E-state index contributed by atoms with van der Waals surface area (Å²) < 4.78 is 0. The Bertz CT molecular complexity index is 260. The van der Waals surface area contributed by atoms with Crippen molar-refractivity contribution in [2.45, 2.75) is 46.6 Å². The number of hydrogen-bond acceptors (Lipinski definition) is 3. The van der Waals surface area contributed by atoms with E-state index in [2.05, 4.69) is 17.1 Å². The maximum Gasteiger partial charge on any atom is 0.239 e. The normalized spacial score (nSPS) is 19.4. The second-order valence-electron chi connectivity index (χ2n) is 5.75. The fraction of sp³-hybridized carbons (Fsp3) is 0.933. The van der Waals surface area contributed by atoms with Gasteiger partial charge in [0, 0.05) is 19.6 Å². The van der Waals surface area contributed by atoms with Crippen LogP contribution in [0.1, 0.15) is 40.5 Å². The zero-order chi connectivity index (χ0) is 14.3. The molecule has 2 unspecified atom stereocenters. The van der Waals surface area contributed by atoms with Crippen molar-refractivity contribution in [2.75, 3.05) is 39.3 Å². The van der Waals surface area contributed by atoms with Gasteiger partial charge in [0.1, 0.15) is 0 Å². The van der Waals surface area contributed by atoms with Crippen LogP contribution in [0, 0.1) is 5.92 Å². The van der Waals surface area contributed by atoms with E-state index in [1.54, 1.807) is 0 Å². The Hall–Kier alpha value is -0.610. The Morgan fingerprint density at radius 3 is 2.32 bits per heavy atom. The lowest BCUT2D eigenvalue weighted by Crippen LogP contribution is -2.46. The molecule has 0 aromatic rings. The van der Waals surface area contributed by atoms with Gasteiger partial charge in [0.25, 0.3) is 0 Å². The average Bonchev–Trinajstić information content (AvgIpc) is 2.90. The number of rotatable bonds is 8. The Morgan fingerprint density at radius 1 is 1.21 bits per heavy atom. The smallest absolute Gasteiger partial charge is 0.239 e. The van der Waals surface area contributed by atoms with Crippen molar-refractivity contribution in [1.29, 1.82) is 0 Å². The molecule has 0 saturated carbocycles. The average molecular weight is 269 g/mol. The van der Waals surface area contributed by atoms with Crippen LogP contribution in [0.15, 0.2) is 0 Å². The zero-order valence-corrected chi connectivity index (χ0v) is 13.1. The van der Waals surface area contributed by atoms with Crippen molar-refractivity contribution in [3.05, 3.63) is 0 Å². The highest BCUT2D eigenvalue weighted by atomic mass is 16.2. The highest BCUT2D eigenvalue weighted by Crippen LogP contribution is 2.09. The van der Waals surface area contributed by atoms with E-state index in [1.165, 1.54) is 25.9 Å². The van der Waals surface area contributed by atoms with Gasteiger partial charge >= 0.3 is 0 Å². The largest absolute Gasteiger partial charge is 0.342 e. The quantitative estimate of drug-likeness (QED) is 0.726. The first-order chi connectivity index (χ1) is 9.08. The van der Waals surface area contributed by atoms with E-state index in [0.717, 1.165) is 26.2 Å². The summed E-state index contributed by atoms with van der Waals surface area (Å²) in [5, 5.41) is 3.39. The predicted octanol–water partition coefficient (Wildman–Crippen LogP) is 1.56. The number of hydrogen-bond donors (Lipinski definition) is 1. The van der Waals surface area contributed by atoms with Gasteiger partial charge in [-0.3, -0.25) is 4.79 Å². The number of likely N-dealkylation sites (tertiary alicyclic amines) is 1. The van der Waals surface area contributed by atoms with Crippen LogP contribution in [0.25, 0.3) is 0 Å². The molecule has 1 rings (SSSR count). The summed E-state index contributed by atoms with van der Waals surface area (Å²) in [6, 6.07) is -0.0686. The van der Waals surface area contributed by atoms with Crippen LogP contribution in [0.3, 0.4) is 0 Å². The fourth-order valence-corrected chi connectivity index (χ4v) is 2.74. The molecule has 1 aliphatic rings. The zero-order valence-electron chi connectivity index (χ0n) is 13.1. The van der Waals surface area contributed by atoms with Crippen LogP contribution in [0.4, 0.5) is 0 Å². The molecule has 1 fully saturated rings. The molecular formula is C15H31N3O. The van der Waals surface area contributed by atoms with Crippen LogP contribution in [-0.2, 0) is 4.79 Å². The third-order valence-corrected chi connectivity index (χ3v) is 3.99. The van der Waals surface area contributed by atoms with E-state index < -0.39 is 0 Å². The number of carbonyl (C=O) groups is 1. The second kappa shape index (κ2) is 8.54. The second-order valence-corrected chi connectivity index (χ2v) is 5.75. The van der Waals surface area contributed by atoms with Crippen molar-refractivity contribution in [3.8, 4) is 0 Å². The number of nitrogens with one attached hydrogen (secondary N) is 1. The molecule has 4 nitrogen and oxygen atoms in total. The molecule has 1 aliphatic heterocycles. The predicted molar refractivity (Wildman–Crippen MR) is 80.2 cm³/mol. The monoisotopic (exact) mass is 269 g/mol. The highest BCUT2D eigenvalue weighted by molar-refractivity contribution is 5.81. The Labute approximate surface area is 118 Å². The maximum absolute atomic E-state index is 12.1. The molecule has 0 bridgehead atoms. The van der Waals surface area contributed by atoms with Crippen molar-refractivity contribution >= 4 is 5.91 Å². The molecule has 1 heterocycles. The molecular weight excluding hydrogens is 238 g/mol. The van der Waals surface area contributed by atoms with E-state index >= 15 is 0 Å². The molecule has 112 valence electrons. The minimum atomic E-state index is -0.0686. The van der Waals surface area contributed by atoms with Crippen molar-refractivity contribution in [2.24, 2.45) is 5.92 Å². The lowest BCUT2D eigenvalue weighted by molar-refractivity contribution is -0.132. The lowest BCUT2D eigenvalue weighted by Gasteiger charge is -2.25. The van der Waals surface area contributed by atoms with Gasteiger partial charge in [0.15, 0.2) is 0 Å². The lowest BCUT2D eigenvalue weighted by atomic mass is 10.1. The van der Waals surface area contributed by atoms with Gasteiger partial charge < -0.3 is 15.1 Å². The fourth-order valence-electron chi connectivity index (χ4n) is 2.74. The SMILES string of the molecule is CCN(CC)C(=O)C(C)NCC(C)CN1CCCC1. The van der Waals surface area contributed by atoms with Crippen molar-refractivity contribution in [3.63, 3.8) is 0 Å². The first-order valence-corrected chi connectivity index (χ1v) is 7.83. The Morgan fingerprint density at radius 2 is 1.79 bits per heavy atom. The van der Waals surface area contributed by atoms with Crippen LogP contribution >= 0.6 is 0 Å². The van der Waals surface area contributed by atoms with Crippen molar-refractivity contribution < 1.29 is 4.79 Å². The van der Waals surface area contributed by atoms with Crippen LogP contribution < -0.4 is 5.32 Å². The van der Waals surface area contributed by atoms with E-state index in [-0.39, 0.29) is 11.9 Å². The summed E-state index contributed by atoms with van der Waals surface area (Å²) in [5.41, 5.74) is 0. The summed E-state index contributed by atoms with van der Waals surface area (Å²) in [5.74, 6) is 0.823. The molecule has 1 N–H and O–H groups in total. The third-order valence-electron chi connectivity index (χ3n) is 3.99. The van der Waals surface area contributed by atoms with E-state index in [4.69, 9.17) is 0 Å². The van der Waals surface area contributed by atoms with Gasteiger partial charge in [0.2, 0.25) is 5.91 Å². The van der Waals surface area contributed by atoms with E-state index in [0.29, 0.717) is 5.92 Å². The first kappa shape index (κ1) is 16.4. The van der Waals surface area contributed by atoms with Gasteiger partial charge in [-0.15, -0.1) is 0 Å². The molecule has 0 aromatic heterocycles. The van der Waals surface area contributed by atoms with E-state index in [9.17, 15) is 4.79 Å². The topological polar surface area (TPSA) is 35.6 Å². The molecule has 1 saturated heterocycles.